The van der Waals surface area contributed by atoms with Gasteiger partial charge in [-0.3, -0.25) is 4.68 Å². The number of hydrogen-bond donors (Lipinski definition) is 1. The molecule has 0 aliphatic rings. The molecule has 6 heteroatoms. The van der Waals surface area contributed by atoms with Crippen LogP contribution in [0.3, 0.4) is 0 Å². The van der Waals surface area contributed by atoms with Gasteiger partial charge in [-0.25, -0.2) is 8.78 Å². The Bertz CT molecular complexity index is 630. The highest BCUT2D eigenvalue weighted by atomic mass is 79.9. The number of aromatic nitrogens is 2. The van der Waals surface area contributed by atoms with Crippen LogP contribution >= 0.6 is 15.9 Å². The van der Waals surface area contributed by atoms with Gasteiger partial charge >= 0.3 is 0 Å². The molecule has 0 spiro atoms. The van der Waals surface area contributed by atoms with Crippen LogP contribution in [0.15, 0.2) is 28.9 Å². The highest BCUT2D eigenvalue weighted by Gasteiger charge is 2.18. The fourth-order valence-corrected chi connectivity index (χ4v) is 2.61. The number of nitrogens with zero attached hydrogens (tertiary/aromatic N) is 2. The van der Waals surface area contributed by atoms with Crippen molar-refractivity contribution in [3.63, 3.8) is 0 Å². The molecule has 0 radical (unpaired) electrons. The molecule has 2 unspecified atom stereocenters. The molecule has 0 aliphatic heterocycles. The number of benzene rings is 1. The molecule has 0 amide bonds. The van der Waals surface area contributed by atoms with Crippen LogP contribution in [0.5, 0.6) is 0 Å². The molecule has 1 aromatic carbocycles. The number of halogens is 3. The molecular weight excluding hydrogens is 342 g/mol. The molecule has 1 heterocycles. The second-order valence-corrected chi connectivity index (χ2v) is 5.82. The molecule has 2 rings (SSSR count). The largest absolute Gasteiger partial charge is 0.388 e. The highest BCUT2D eigenvalue weighted by Crippen LogP contribution is 2.29. The smallest absolute Gasteiger partial charge is 0.173 e. The van der Waals surface area contributed by atoms with Gasteiger partial charge < -0.3 is 5.11 Å². The van der Waals surface area contributed by atoms with E-state index < -0.39 is 17.7 Å². The normalized spacial score (nSPS) is 14.2. The molecule has 0 aliphatic carbocycles. The van der Waals surface area contributed by atoms with E-state index in [2.05, 4.69) is 34.9 Å². The van der Waals surface area contributed by atoms with E-state index in [1.54, 1.807) is 0 Å². The average molecular weight is 359 g/mol. The van der Waals surface area contributed by atoms with Crippen LogP contribution in [-0.2, 0) is 6.42 Å². The molecule has 21 heavy (non-hydrogen) atoms. The van der Waals surface area contributed by atoms with Crippen LogP contribution in [0.4, 0.5) is 8.78 Å². The van der Waals surface area contributed by atoms with Gasteiger partial charge in [0.1, 0.15) is 0 Å². The van der Waals surface area contributed by atoms with Gasteiger partial charge in [0.2, 0.25) is 0 Å². The Morgan fingerprint density at radius 3 is 2.71 bits per heavy atom. The monoisotopic (exact) mass is 358 g/mol. The van der Waals surface area contributed by atoms with Crippen LogP contribution in [0, 0.1) is 11.6 Å². The first-order valence-electron chi connectivity index (χ1n) is 6.79. The summed E-state index contributed by atoms with van der Waals surface area (Å²) in [6.45, 7) is 4.12. The average Bonchev–Trinajstić information content (AvgIpc) is 2.92. The van der Waals surface area contributed by atoms with E-state index >= 15 is 0 Å². The predicted octanol–water partition coefficient (Wildman–Crippen LogP) is 4.17. The van der Waals surface area contributed by atoms with E-state index in [4.69, 9.17) is 0 Å². The van der Waals surface area contributed by atoms with Gasteiger partial charge in [0.25, 0.3) is 0 Å². The Hall–Kier alpha value is -1.27. The van der Waals surface area contributed by atoms with Gasteiger partial charge in [0, 0.05) is 18.7 Å². The lowest BCUT2D eigenvalue weighted by Crippen LogP contribution is -2.08. The SMILES string of the molecule is CCC(C)n1ccc(CC(O)c2ccc(F)c(F)c2Br)n1. The van der Waals surface area contributed by atoms with Crippen molar-refractivity contribution in [3.8, 4) is 0 Å². The first-order valence-corrected chi connectivity index (χ1v) is 7.58. The molecular formula is C15H17BrF2N2O. The Labute approximate surface area is 130 Å². The number of rotatable bonds is 5. The molecule has 2 aromatic rings. The quantitative estimate of drug-likeness (QED) is 0.814. The summed E-state index contributed by atoms with van der Waals surface area (Å²) in [4.78, 5) is 0. The topological polar surface area (TPSA) is 38.0 Å². The Morgan fingerprint density at radius 1 is 1.33 bits per heavy atom. The molecule has 114 valence electrons. The molecule has 1 aromatic heterocycles. The Morgan fingerprint density at radius 2 is 2.05 bits per heavy atom. The minimum Gasteiger partial charge on any atom is -0.388 e. The minimum absolute atomic E-state index is 0.0450. The zero-order valence-electron chi connectivity index (χ0n) is 11.9. The van der Waals surface area contributed by atoms with E-state index in [0.717, 1.165) is 12.5 Å². The number of aliphatic hydroxyl groups is 1. The maximum absolute atomic E-state index is 13.5. The van der Waals surface area contributed by atoms with Crippen LogP contribution in [0.25, 0.3) is 0 Å². The summed E-state index contributed by atoms with van der Waals surface area (Å²) < 4.78 is 28.4. The molecule has 2 atom stereocenters. The second kappa shape index (κ2) is 6.66. The third-order valence-corrected chi connectivity index (χ3v) is 4.34. The molecule has 3 nitrogen and oxygen atoms in total. The summed E-state index contributed by atoms with van der Waals surface area (Å²) in [5, 5.41) is 14.6. The third kappa shape index (κ3) is 3.49. The van der Waals surface area contributed by atoms with Gasteiger partial charge in [-0.15, -0.1) is 0 Å². The van der Waals surface area contributed by atoms with Crippen molar-refractivity contribution in [2.75, 3.05) is 0 Å². The van der Waals surface area contributed by atoms with Crippen molar-refractivity contribution in [1.82, 2.24) is 9.78 Å². The molecule has 1 N–H and O–H groups in total. The second-order valence-electron chi connectivity index (χ2n) is 5.03. The van der Waals surface area contributed by atoms with Gasteiger partial charge in [0.05, 0.1) is 16.3 Å². The van der Waals surface area contributed by atoms with E-state index in [-0.39, 0.29) is 16.9 Å². The standard InChI is InChI=1S/C15H17BrF2N2O/c1-3-9(2)20-7-6-10(19-20)8-13(21)11-4-5-12(17)15(18)14(11)16/h4-7,9,13,21H,3,8H2,1-2H3. The Balaban J connectivity index is 2.16. The fraction of sp³-hybridized carbons (Fsp3) is 0.400. The van der Waals surface area contributed by atoms with Crippen LogP contribution in [0.2, 0.25) is 0 Å². The highest BCUT2D eigenvalue weighted by molar-refractivity contribution is 9.10. The first-order chi connectivity index (χ1) is 9.93. The lowest BCUT2D eigenvalue weighted by Gasteiger charge is -2.13. The maximum Gasteiger partial charge on any atom is 0.173 e. The summed E-state index contributed by atoms with van der Waals surface area (Å²) in [5.41, 5.74) is 1.02. The Kier molecular flexibility index (Phi) is 5.11. The van der Waals surface area contributed by atoms with Crippen molar-refractivity contribution in [2.24, 2.45) is 0 Å². The maximum atomic E-state index is 13.5. The number of hydrogen-bond acceptors (Lipinski definition) is 2. The van der Waals surface area contributed by atoms with Crippen molar-refractivity contribution < 1.29 is 13.9 Å². The predicted molar refractivity (Wildman–Crippen MR) is 80.0 cm³/mol. The zero-order valence-corrected chi connectivity index (χ0v) is 13.4. The van der Waals surface area contributed by atoms with Crippen LogP contribution in [-0.4, -0.2) is 14.9 Å². The van der Waals surface area contributed by atoms with E-state index in [0.29, 0.717) is 11.3 Å². The van der Waals surface area contributed by atoms with Gasteiger partial charge in [-0.1, -0.05) is 13.0 Å². The summed E-state index contributed by atoms with van der Waals surface area (Å²) in [5.74, 6) is -1.93. The summed E-state index contributed by atoms with van der Waals surface area (Å²) in [6.07, 6.45) is 2.11. The van der Waals surface area contributed by atoms with E-state index in [1.807, 2.05) is 16.9 Å². The summed E-state index contributed by atoms with van der Waals surface area (Å²) in [6, 6.07) is 4.49. The molecule has 0 saturated carbocycles. The van der Waals surface area contributed by atoms with Gasteiger partial charge in [0.15, 0.2) is 11.6 Å². The zero-order chi connectivity index (χ0) is 15.6. The van der Waals surface area contributed by atoms with Gasteiger partial charge in [-0.2, -0.15) is 5.10 Å². The van der Waals surface area contributed by atoms with Gasteiger partial charge in [-0.05, 0) is 47.0 Å². The lowest BCUT2D eigenvalue weighted by molar-refractivity contribution is 0.175. The van der Waals surface area contributed by atoms with E-state index in [1.165, 1.54) is 6.07 Å². The van der Waals surface area contributed by atoms with Crippen molar-refractivity contribution in [3.05, 3.63) is 51.8 Å². The fourth-order valence-electron chi connectivity index (χ4n) is 2.03. The third-order valence-electron chi connectivity index (χ3n) is 3.53. The molecule has 0 bridgehead atoms. The molecule has 0 fully saturated rings. The summed E-state index contributed by atoms with van der Waals surface area (Å²) >= 11 is 2.98. The van der Waals surface area contributed by atoms with Crippen molar-refractivity contribution >= 4 is 15.9 Å². The summed E-state index contributed by atoms with van der Waals surface area (Å²) in [7, 11) is 0. The van der Waals surface area contributed by atoms with E-state index in [9.17, 15) is 13.9 Å². The van der Waals surface area contributed by atoms with Crippen LogP contribution in [0.1, 0.15) is 43.7 Å². The van der Waals surface area contributed by atoms with Crippen molar-refractivity contribution in [2.45, 2.75) is 38.8 Å². The van der Waals surface area contributed by atoms with Crippen LogP contribution < -0.4 is 0 Å². The lowest BCUT2D eigenvalue weighted by atomic mass is 10.0. The minimum atomic E-state index is -0.989. The molecule has 0 saturated heterocycles. The van der Waals surface area contributed by atoms with Crippen molar-refractivity contribution in [1.29, 1.82) is 0 Å². The number of aliphatic hydroxyl groups excluding tert-OH is 1. The first kappa shape index (κ1) is 16.1.